The van der Waals surface area contributed by atoms with Crippen LogP contribution in [0.3, 0.4) is 0 Å². The van der Waals surface area contributed by atoms with Gasteiger partial charge in [0.25, 0.3) is 0 Å². The lowest BCUT2D eigenvalue weighted by Crippen LogP contribution is -2.45. The highest BCUT2D eigenvalue weighted by atomic mass is 127. The number of carbonyl (C=O) groups is 1. The van der Waals surface area contributed by atoms with Crippen molar-refractivity contribution in [1.29, 1.82) is 0 Å². The monoisotopic (exact) mass is 511 g/mol. The van der Waals surface area contributed by atoms with E-state index in [4.69, 9.17) is 4.42 Å². The summed E-state index contributed by atoms with van der Waals surface area (Å²) in [7, 11) is 3.48. The number of hydrogen-bond acceptors (Lipinski definition) is 4. The van der Waals surface area contributed by atoms with Crippen LogP contribution in [0.4, 0.5) is 5.69 Å². The summed E-state index contributed by atoms with van der Waals surface area (Å²) in [6.07, 6.45) is 3.46. The summed E-state index contributed by atoms with van der Waals surface area (Å²) in [5.74, 6) is 1.57. The number of nitrogens with zero attached hydrogens (tertiary/aromatic N) is 3. The van der Waals surface area contributed by atoms with Gasteiger partial charge in [-0.25, -0.2) is 4.99 Å². The minimum absolute atomic E-state index is 0. The van der Waals surface area contributed by atoms with E-state index in [0.717, 1.165) is 31.7 Å². The molecule has 2 aromatic rings. The zero-order valence-corrected chi connectivity index (χ0v) is 19.3. The Labute approximate surface area is 189 Å². The van der Waals surface area contributed by atoms with Crippen LogP contribution >= 0.6 is 24.0 Å². The van der Waals surface area contributed by atoms with Gasteiger partial charge < -0.3 is 24.9 Å². The molecule has 0 radical (unpaired) electrons. The highest BCUT2D eigenvalue weighted by molar-refractivity contribution is 14.0. The normalized spacial score (nSPS) is 16.3. The van der Waals surface area contributed by atoms with Gasteiger partial charge in [-0.15, -0.1) is 24.0 Å². The Balaban J connectivity index is 0.00000300. The van der Waals surface area contributed by atoms with E-state index in [9.17, 15) is 4.79 Å². The fourth-order valence-electron chi connectivity index (χ4n) is 3.14. The molecule has 0 aliphatic carbocycles. The van der Waals surface area contributed by atoms with Crippen LogP contribution in [0.1, 0.15) is 12.2 Å². The van der Waals surface area contributed by atoms with Crippen LogP contribution in [-0.4, -0.2) is 63.1 Å². The summed E-state index contributed by atoms with van der Waals surface area (Å²) >= 11 is 0. The Morgan fingerprint density at radius 2 is 2.03 bits per heavy atom. The highest BCUT2D eigenvalue weighted by Gasteiger charge is 2.23. The number of furan rings is 1. The van der Waals surface area contributed by atoms with Crippen LogP contribution in [0.25, 0.3) is 0 Å². The van der Waals surface area contributed by atoms with Gasteiger partial charge in [0.15, 0.2) is 5.96 Å². The average Bonchev–Trinajstić information content (AvgIpc) is 3.38. The van der Waals surface area contributed by atoms with Gasteiger partial charge in [-0.05, 0) is 30.7 Å². The van der Waals surface area contributed by atoms with Gasteiger partial charge in [0.1, 0.15) is 12.3 Å². The lowest BCUT2D eigenvalue weighted by Gasteiger charge is -2.20. The van der Waals surface area contributed by atoms with Gasteiger partial charge in [0.05, 0.1) is 6.26 Å². The van der Waals surface area contributed by atoms with Crippen molar-refractivity contribution in [2.75, 3.05) is 45.2 Å². The van der Waals surface area contributed by atoms with E-state index >= 15 is 0 Å². The first kappa shape index (κ1) is 23.1. The third kappa shape index (κ3) is 7.26. The number of halogens is 1. The molecule has 2 heterocycles. The Bertz CT molecular complexity index is 765. The van der Waals surface area contributed by atoms with Crippen LogP contribution in [-0.2, 0) is 11.2 Å². The van der Waals surface area contributed by atoms with E-state index in [2.05, 4.69) is 44.8 Å². The fourth-order valence-corrected chi connectivity index (χ4v) is 3.14. The van der Waals surface area contributed by atoms with Gasteiger partial charge in [-0.3, -0.25) is 4.79 Å². The Kier molecular flexibility index (Phi) is 9.30. The predicted octanol–water partition coefficient (Wildman–Crippen LogP) is 2.34. The minimum atomic E-state index is -0.0236. The van der Waals surface area contributed by atoms with Gasteiger partial charge in [-0.2, -0.15) is 0 Å². The second kappa shape index (κ2) is 11.7. The molecule has 0 saturated carbocycles. The van der Waals surface area contributed by atoms with Crippen molar-refractivity contribution >= 4 is 41.5 Å². The smallest absolute Gasteiger partial charge is 0.243 e. The Morgan fingerprint density at radius 1 is 1.24 bits per heavy atom. The van der Waals surface area contributed by atoms with Crippen LogP contribution < -0.4 is 15.5 Å². The van der Waals surface area contributed by atoms with Crippen molar-refractivity contribution in [3.8, 4) is 0 Å². The molecule has 1 aliphatic heterocycles. The number of hydrogen-bond donors (Lipinski definition) is 2. The minimum Gasteiger partial charge on any atom is -0.469 e. The molecular formula is C21H30IN5O2. The first-order valence-corrected chi connectivity index (χ1v) is 9.69. The molecule has 1 atom stereocenters. The van der Waals surface area contributed by atoms with E-state index in [-0.39, 0.29) is 42.5 Å². The maximum atomic E-state index is 11.9. The summed E-state index contributed by atoms with van der Waals surface area (Å²) < 4.78 is 5.37. The molecule has 1 unspecified atom stereocenters. The number of benzene rings is 1. The number of rotatable bonds is 7. The molecule has 1 saturated heterocycles. The second-order valence-electron chi connectivity index (χ2n) is 7.12. The van der Waals surface area contributed by atoms with E-state index in [1.54, 1.807) is 25.3 Å². The van der Waals surface area contributed by atoms with Crippen molar-refractivity contribution in [3.63, 3.8) is 0 Å². The molecule has 1 aliphatic rings. The van der Waals surface area contributed by atoms with E-state index in [1.165, 1.54) is 5.69 Å². The van der Waals surface area contributed by atoms with Crippen LogP contribution in [0.5, 0.6) is 0 Å². The van der Waals surface area contributed by atoms with Gasteiger partial charge in [-0.1, -0.05) is 18.2 Å². The quantitative estimate of drug-likeness (QED) is 0.339. The highest BCUT2D eigenvalue weighted by Crippen LogP contribution is 2.19. The fraction of sp³-hybridized carbons (Fsp3) is 0.429. The SMILES string of the molecule is CN(C)C(=O)CN=C(NCCc1ccco1)NC1CCN(c2ccccc2)C1.I. The van der Waals surface area contributed by atoms with E-state index < -0.39 is 0 Å². The molecule has 7 nitrogen and oxygen atoms in total. The Hall–Kier alpha value is -2.23. The second-order valence-corrected chi connectivity index (χ2v) is 7.12. The number of nitrogens with one attached hydrogen (secondary N) is 2. The maximum absolute atomic E-state index is 11.9. The number of carbonyl (C=O) groups excluding carboxylic acids is 1. The predicted molar refractivity (Wildman–Crippen MR) is 127 cm³/mol. The van der Waals surface area contributed by atoms with Crippen molar-refractivity contribution in [1.82, 2.24) is 15.5 Å². The third-order valence-electron chi connectivity index (χ3n) is 4.77. The molecule has 1 fully saturated rings. The largest absolute Gasteiger partial charge is 0.469 e. The summed E-state index contributed by atoms with van der Waals surface area (Å²) in [4.78, 5) is 20.3. The summed E-state index contributed by atoms with van der Waals surface area (Å²) in [5.41, 5.74) is 1.24. The molecule has 1 aromatic carbocycles. The Morgan fingerprint density at radius 3 is 2.72 bits per heavy atom. The first-order valence-electron chi connectivity index (χ1n) is 9.69. The van der Waals surface area contributed by atoms with Gasteiger partial charge in [0.2, 0.25) is 5.91 Å². The molecule has 29 heavy (non-hydrogen) atoms. The van der Waals surface area contributed by atoms with Crippen molar-refractivity contribution < 1.29 is 9.21 Å². The molecule has 8 heteroatoms. The first-order chi connectivity index (χ1) is 13.6. The molecule has 1 aromatic heterocycles. The lowest BCUT2D eigenvalue weighted by molar-refractivity contribution is -0.127. The molecule has 2 N–H and O–H groups in total. The molecule has 1 amide bonds. The van der Waals surface area contributed by atoms with Crippen molar-refractivity contribution in [2.24, 2.45) is 4.99 Å². The summed E-state index contributed by atoms with van der Waals surface area (Å²) in [6.45, 7) is 2.71. The number of aliphatic imine (C=N–C) groups is 1. The average molecular weight is 511 g/mol. The van der Waals surface area contributed by atoms with Crippen LogP contribution in [0, 0.1) is 0 Å². The van der Waals surface area contributed by atoms with Gasteiger partial charge in [0, 0.05) is 51.9 Å². The number of amides is 1. The molecular weight excluding hydrogens is 481 g/mol. The zero-order valence-electron chi connectivity index (χ0n) is 17.0. The number of guanidine groups is 1. The van der Waals surface area contributed by atoms with Crippen LogP contribution in [0.15, 0.2) is 58.1 Å². The number of anilines is 1. The topological polar surface area (TPSA) is 73.1 Å². The van der Waals surface area contributed by atoms with Crippen molar-refractivity contribution in [3.05, 3.63) is 54.5 Å². The molecule has 3 rings (SSSR count). The molecule has 158 valence electrons. The zero-order chi connectivity index (χ0) is 19.8. The maximum Gasteiger partial charge on any atom is 0.243 e. The van der Waals surface area contributed by atoms with E-state index in [1.807, 2.05) is 18.2 Å². The van der Waals surface area contributed by atoms with Gasteiger partial charge >= 0.3 is 0 Å². The molecule has 0 bridgehead atoms. The third-order valence-corrected chi connectivity index (χ3v) is 4.77. The number of para-hydroxylation sites is 1. The standard InChI is InChI=1S/C21H29N5O2.HI/c1-25(2)20(27)15-23-21(22-12-10-19-9-6-14-28-19)24-17-11-13-26(16-17)18-7-4-3-5-8-18;/h3-9,14,17H,10-13,15-16H2,1-2H3,(H2,22,23,24);1H. The summed E-state index contributed by atoms with van der Waals surface area (Å²) in [5, 5.41) is 6.81. The summed E-state index contributed by atoms with van der Waals surface area (Å²) in [6, 6.07) is 14.5. The van der Waals surface area contributed by atoms with Crippen LogP contribution in [0.2, 0.25) is 0 Å². The lowest BCUT2D eigenvalue weighted by atomic mass is 10.2. The van der Waals surface area contributed by atoms with Crippen molar-refractivity contribution in [2.45, 2.75) is 18.9 Å². The number of likely N-dealkylation sites (N-methyl/N-ethyl adjacent to an activating group) is 1. The molecule has 0 spiro atoms. The van der Waals surface area contributed by atoms with E-state index in [0.29, 0.717) is 12.5 Å².